The van der Waals surface area contributed by atoms with Crippen LogP contribution in [0.5, 0.6) is 0 Å². The van der Waals surface area contributed by atoms with Crippen LogP contribution < -0.4 is 10.9 Å². The zero-order valence-electron chi connectivity index (χ0n) is 15.4. The number of aryl methyl sites for hydroxylation is 1. The molecule has 0 radical (unpaired) electrons. The van der Waals surface area contributed by atoms with Crippen molar-refractivity contribution < 1.29 is 9.53 Å². The summed E-state index contributed by atoms with van der Waals surface area (Å²) in [4.78, 5) is 34.0. The lowest BCUT2D eigenvalue weighted by molar-refractivity contribution is -0.138. The molecular weight excluding hydrogens is 382 g/mol. The maximum atomic E-state index is 13.0. The summed E-state index contributed by atoms with van der Waals surface area (Å²) in [6.45, 7) is 9.50. The number of carbonyl (C=O) groups is 1. The molecule has 0 spiro atoms. The zero-order chi connectivity index (χ0) is 19.6. The second-order valence-electron chi connectivity index (χ2n) is 6.02. The Morgan fingerprint density at radius 3 is 2.89 bits per heavy atom. The quantitative estimate of drug-likeness (QED) is 0.330. The maximum absolute atomic E-state index is 13.0. The van der Waals surface area contributed by atoms with Gasteiger partial charge in [0.25, 0.3) is 5.56 Å². The lowest BCUT2D eigenvalue weighted by Gasteiger charge is -2.28. The molecule has 0 bridgehead atoms. The van der Waals surface area contributed by atoms with Gasteiger partial charge in [-0.25, -0.2) is 9.78 Å². The number of nitrogens with zero attached hydrogens (tertiary/aromatic N) is 1. The van der Waals surface area contributed by atoms with Crippen molar-refractivity contribution in [3.8, 4) is 0 Å². The Kier molecular flexibility index (Phi) is 5.86. The number of thioether (sulfide) groups is 1. The Labute approximate surface area is 165 Å². The fraction of sp³-hybridized carbons (Fsp3) is 0.316. The summed E-state index contributed by atoms with van der Waals surface area (Å²) in [5.74, 6) is 0.192. The smallest absolute Gasteiger partial charge is 0.336 e. The fourth-order valence-electron chi connectivity index (χ4n) is 3.06. The minimum atomic E-state index is -0.505. The van der Waals surface area contributed by atoms with Crippen molar-refractivity contribution >= 4 is 34.9 Å². The molecule has 2 aromatic heterocycles. The molecule has 0 amide bonds. The number of hydrogen-bond donors (Lipinski definition) is 2. The summed E-state index contributed by atoms with van der Waals surface area (Å²) in [6, 6.07) is 1.98. The van der Waals surface area contributed by atoms with Gasteiger partial charge in [0.15, 0.2) is 5.16 Å². The first-order chi connectivity index (χ1) is 13.0. The van der Waals surface area contributed by atoms with Crippen molar-refractivity contribution in [2.75, 3.05) is 17.7 Å². The second-order valence-corrected chi connectivity index (χ2v) is 7.97. The summed E-state index contributed by atoms with van der Waals surface area (Å²) >= 11 is 2.91. The number of ether oxygens (including phenoxy) is 1. The third kappa shape index (κ3) is 3.72. The normalized spacial score (nSPS) is 15.9. The SMILES string of the molecule is C=CCSc1nc2c(c(=O)[nH]1)[C@@H](c1sccc1C)C(C(=O)OCC)=C(C)N2. The molecular formula is C19H21N3O3S2. The highest BCUT2D eigenvalue weighted by atomic mass is 32.2. The molecule has 1 aliphatic heterocycles. The van der Waals surface area contributed by atoms with E-state index in [1.165, 1.54) is 23.1 Å². The summed E-state index contributed by atoms with van der Waals surface area (Å²) in [5, 5.41) is 5.60. The highest BCUT2D eigenvalue weighted by Gasteiger charge is 2.37. The Balaban J connectivity index is 2.20. The van der Waals surface area contributed by atoms with Gasteiger partial charge in [0.1, 0.15) is 5.82 Å². The number of carbonyl (C=O) groups excluding carboxylic acids is 1. The van der Waals surface area contributed by atoms with Gasteiger partial charge in [-0.1, -0.05) is 17.8 Å². The molecule has 1 atom stereocenters. The first-order valence-corrected chi connectivity index (χ1v) is 10.4. The van der Waals surface area contributed by atoms with Crippen molar-refractivity contribution in [2.24, 2.45) is 0 Å². The lowest BCUT2D eigenvalue weighted by Crippen LogP contribution is -2.31. The number of hydrogen-bond acceptors (Lipinski definition) is 7. The van der Waals surface area contributed by atoms with Crippen LogP contribution in [0.2, 0.25) is 0 Å². The van der Waals surface area contributed by atoms with E-state index in [9.17, 15) is 9.59 Å². The van der Waals surface area contributed by atoms with E-state index in [2.05, 4.69) is 21.9 Å². The van der Waals surface area contributed by atoms with E-state index in [-0.39, 0.29) is 12.2 Å². The standard InChI is InChI=1S/C19H21N3O3S2/c1-5-8-27-19-21-16-14(17(23)22-19)13(15-10(3)7-9-26-15)12(11(4)20-16)18(24)25-6-2/h5,7,9,13H,1,6,8H2,2-4H3,(H2,20,21,22,23)/t13-/m0/s1. The van der Waals surface area contributed by atoms with Gasteiger partial charge in [-0.2, -0.15) is 0 Å². The molecule has 6 nitrogen and oxygen atoms in total. The average molecular weight is 404 g/mol. The average Bonchev–Trinajstić information content (AvgIpc) is 3.04. The van der Waals surface area contributed by atoms with E-state index in [4.69, 9.17) is 4.74 Å². The van der Waals surface area contributed by atoms with Gasteiger partial charge < -0.3 is 15.0 Å². The predicted octanol–water partition coefficient (Wildman–Crippen LogP) is 3.81. The second kappa shape index (κ2) is 8.14. The van der Waals surface area contributed by atoms with Crippen LogP contribution in [0.1, 0.15) is 35.8 Å². The number of fused-ring (bicyclic) bond motifs is 1. The van der Waals surface area contributed by atoms with Crippen molar-refractivity contribution in [1.29, 1.82) is 0 Å². The van der Waals surface area contributed by atoms with E-state index in [1.54, 1.807) is 13.0 Å². The van der Waals surface area contributed by atoms with E-state index in [0.29, 0.717) is 33.6 Å². The van der Waals surface area contributed by atoms with Crippen LogP contribution in [-0.2, 0) is 9.53 Å². The number of allylic oxidation sites excluding steroid dienone is 1. The number of H-pyrrole nitrogens is 1. The van der Waals surface area contributed by atoms with Crippen LogP contribution in [-0.4, -0.2) is 28.3 Å². The molecule has 3 heterocycles. The topological polar surface area (TPSA) is 84.1 Å². The highest BCUT2D eigenvalue weighted by Crippen LogP contribution is 2.43. The molecule has 8 heteroatoms. The largest absolute Gasteiger partial charge is 0.463 e. The van der Waals surface area contributed by atoms with Crippen molar-refractivity contribution in [2.45, 2.75) is 31.8 Å². The van der Waals surface area contributed by atoms with Crippen LogP contribution in [0.3, 0.4) is 0 Å². The third-order valence-electron chi connectivity index (χ3n) is 4.22. The molecule has 2 aromatic rings. The van der Waals surface area contributed by atoms with Crippen LogP contribution in [0.4, 0.5) is 5.82 Å². The minimum Gasteiger partial charge on any atom is -0.463 e. The Morgan fingerprint density at radius 1 is 1.48 bits per heavy atom. The number of anilines is 1. The molecule has 142 valence electrons. The molecule has 0 saturated heterocycles. The monoisotopic (exact) mass is 403 g/mol. The summed E-state index contributed by atoms with van der Waals surface area (Å²) < 4.78 is 5.27. The fourth-order valence-corrected chi connectivity index (χ4v) is 4.70. The van der Waals surface area contributed by atoms with E-state index >= 15 is 0 Å². The van der Waals surface area contributed by atoms with E-state index < -0.39 is 11.9 Å². The van der Waals surface area contributed by atoms with Crippen molar-refractivity contribution in [3.05, 3.63) is 61.7 Å². The predicted molar refractivity (Wildman–Crippen MR) is 110 cm³/mol. The van der Waals surface area contributed by atoms with Gasteiger partial charge >= 0.3 is 5.97 Å². The van der Waals surface area contributed by atoms with Gasteiger partial charge in [-0.05, 0) is 37.8 Å². The molecule has 0 saturated carbocycles. The summed E-state index contributed by atoms with van der Waals surface area (Å²) in [7, 11) is 0. The number of aromatic nitrogens is 2. The molecule has 0 unspecified atom stereocenters. The lowest BCUT2D eigenvalue weighted by atomic mass is 9.85. The Hall–Kier alpha value is -2.32. The van der Waals surface area contributed by atoms with Crippen molar-refractivity contribution in [1.82, 2.24) is 9.97 Å². The number of aromatic amines is 1. The number of thiophene rings is 1. The molecule has 0 aliphatic carbocycles. The first kappa shape index (κ1) is 19.4. The Morgan fingerprint density at radius 2 is 2.26 bits per heavy atom. The van der Waals surface area contributed by atoms with Crippen LogP contribution in [0, 0.1) is 6.92 Å². The first-order valence-electron chi connectivity index (χ1n) is 8.54. The molecule has 0 fully saturated rings. The van der Waals surface area contributed by atoms with E-state index in [0.717, 1.165) is 10.4 Å². The third-order valence-corrected chi connectivity index (χ3v) is 6.17. The van der Waals surface area contributed by atoms with Gasteiger partial charge in [0, 0.05) is 16.3 Å². The van der Waals surface area contributed by atoms with Gasteiger partial charge in [0.2, 0.25) is 0 Å². The zero-order valence-corrected chi connectivity index (χ0v) is 17.1. The van der Waals surface area contributed by atoms with Gasteiger partial charge in [0.05, 0.1) is 23.7 Å². The van der Waals surface area contributed by atoms with Gasteiger partial charge in [-0.3, -0.25) is 4.79 Å². The van der Waals surface area contributed by atoms with Gasteiger partial charge in [-0.15, -0.1) is 17.9 Å². The number of rotatable bonds is 6. The highest BCUT2D eigenvalue weighted by molar-refractivity contribution is 7.99. The maximum Gasteiger partial charge on any atom is 0.336 e. The molecule has 2 N–H and O–H groups in total. The molecule has 27 heavy (non-hydrogen) atoms. The Bertz CT molecular complexity index is 975. The molecule has 1 aliphatic rings. The van der Waals surface area contributed by atoms with Crippen LogP contribution >= 0.6 is 23.1 Å². The molecule has 3 rings (SSSR count). The minimum absolute atomic E-state index is 0.258. The number of esters is 1. The summed E-state index contributed by atoms with van der Waals surface area (Å²) in [6.07, 6.45) is 1.75. The van der Waals surface area contributed by atoms with Crippen LogP contribution in [0.15, 0.2) is 45.3 Å². The van der Waals surface area contributed by atoms with Crippen molar-refractivity contribution in [3.63, 3.8) is 0 Å². The number of nitrogens with one attached hydrogen (secondary N) is 2. The summed E-state index contributed by atoms with van der Waals surface area (Å²) in [5.41, 5.74) is 2.31. The van der Waals surface area contributed by atoms with Crippen LogP contribution in [0.25, 0.3) is 0 Å². The molecule has 0 aromatic carbocycles. The van der Waals surface area contributed by atoms with E-state index in [1.807, 2.05) is 25.3 Å².